The highest BCUT2D eigenvalue weighted by Crippen LogP contribution is 2.72. The largest absolute Gasteiger partial charge is 0.145 e. The summed E-state index contributed by atoms with van der Waals surface area (Å²) in [6.45, 7) is 4.83. The van der Waals surface area contributed by atoms with Crippen LogP contribution in [0.25, 0.3) is 118 Å². The molecule has 12 aromatic carbocycles. The molecule has 0 bridgehead atoms. The van der Waals surface area contributed by atoms with Crippen LogP contribution in [0.4, 0.5) is 0 Å². The van der Waals surface area contributed by atoms with Crippen LogP contribution in [-0.2, 0) is 37.5 Å². The van der Waals surface area contributed by atoms with E-state index in [0.29, 0.717) is 5.92 Å². The van der Waals surface area contributed by atoms with Gasteiger partial charge < -0.3 is 0 Å². The first-order valence-corrected chi connectivity index (χ1v) is 19.0. The lowest BCUT2D eigenvalue weighted by molar-refractivity contribution is 0.327. The molecule has 48 heavy (non-hydrogen) atoms. The van der Waals surface area contributed by atoms with E-state index in [2.05, 4.69) is 55.5 Å². The van der Waals surface area contributed by atoms with Crippen molar-refractivity contribution in [1.29, 1.82) is 0 Å². The highest BCUT2D eigenvalue weighted by Gasteiger charge is 2.55. The maximum Gasteiger partial charge on any atom is 0.0119 e. The molecule has 216 valence electrons. The first-order valence-electron chi connectivity index (χ1n) is 18.2. The Balaban J connectivity index is 1.29. The topological polar surface area (TPSA) is 0 Å². The zero-order valence-corrected chi connectivity index (χ0v) is 27.2. The summed E-state index contributed by atoms with van der Waals surface area (Å²) in [6.07, 6.45) is 5.81. The third-order valence-electron chi connectivity index (χ3n) is 16.1. The van der Waals surface area contributed by atoms with Gasteiger partial charge >= 0.3 is 0 Å². The smallest absolute Gasteiger partial charge is 0.0119 e. The van der Waals surface area contributed by atoms with Gasteiger partial charge in [0, 0.05) is 15.2 Å². The second kappa shape index (κ2) is 5.52. The normalized spacial score (nSPS) is 22.2. The van der Waals surface area contributed by atoms with Crippen LogP contribution in [0.15, 0.2) is 30.3 Å². The predicted molar refractivity (Wildman–Crippen MR) is 203 cm³/mol. The van der Waals surface area contributed by atoms with Crippen molar-refractivity contribution in [1.82, 2.24) is 0 Å². The Labute approximate surface area is 276 Å². The van der Waals surface area contributed by atoms with E-state index in [0.717, 1.165) is 12.8 Å². The minimum atomic E-state index is 0.148. The molecule has 0 N–H and O–H groups in total. The molecule has 18 rings (SSSR count). The molecule has 1 heterocycles. The Morgan fingerprint density at radius 2 is 0.938 bits per heavy atom. The van der Waals surface area contributed by atoms with Crippen LogP contribution in [0.2, 0.25) is 0 Å². The van der Waals surface area contributed by atoms with Gasteiger partial charge in [-0.05, 0) is 220 Å². The standard InChI is InChI=1S/C47H22S/c1-13-22-10-25-23-9-20-7-17-5-18-4-15-3-16-6-19-8-21-11-47(25,12-24(22)14(2)48-13)46-32(21)37-31(19)36-27(16)26(15)34-30(18)35-28(17)29(20)38-33(23)45(46)44-42(37)40(36)39(34)41(35)43(38)44/h4-6,8-9,25H,3,7,10-12H2,1-2H3. The van der Waals surface area contributed by atoms with Gasteiger partial charge in [0.25, 0.3) is 0 Å². The van der Waals surface area contributed by atoms with Crippen molar-refractivity contribution in [3.63, 3.8) is 0 Å². The molecule has 0 nitrogen and oxygen atoms in total. The maximum atomic E-state index is 2.79. The summed E-state index contributed by atoms with van der Waals surface area (Å²) in [5.74, 6) is 0.542. The highest BCUT2D eigenvalue weighted by molar-refractivity contribution is 7.12. The van der Waals surface area contributed by atoms with Crippen LogP contribution in [0, 0.1) is 13.8 Å². The molecule has 1 spiro atoms. The lowest BCUT2D eigenvalue weighted by atomic mass is 9.56. The van der Waals surface area contributed by atoms with E-state index in [1.165, 1.54) is 30.0 Å². The third-order valence-corrected chi connectivity index (χ3v) is 17.2. The molecule has 0 amide bonds. The van der Waals surface area contributed by atoms with Crippen LogP contribution in [0.5, 0.6) is 0 Å². The van der Waals surface area contributed by atoms with Crippen LogP contribution >= 0.6 is 11.3 Å². The van der Waals surface area contributed by atoms with Gasteiger partial charge in [-0.2, -0.15) is 0 Å². The Kier molecular flexibility index (Phi) is 2.45. The average molecular weight is 619 g/mol. The van der Waals surface area contributed by atoms with Gasteiger partial charge in [0.2, 0.25) is 0 Å². The van der Waals surface area contributed by atoms with E-state index in [1.54, 1.807) is 168 Å². The summed E-state index contributed by atoms with van der Waals surface area (Å²) in [5.41, 5.74) is 15.1. The molecular formula is C47H22S. The van der Waals surface area contributed by atoms with Crippen molar-refractivity contribution in [2.45, 2.75) is 57.3 Å². The molecule has 1 heteroatoms. The van der Waals surface area contributed by atoms with Crippen molar-refractivity contribution in [2.75, 3.05) is 0 Å². The summed E-state index contributed by atoms with van der Waals surface area (Å²) in [6, 6.07) is 13.4. The van der Waals surface area contributed by atoms with E-state index in [9.17, 15) is 0 Å². The first-order chi connectivity index (χ1) is 23.6. The third kappa shape index (κ3) is 1.53. The van der Waals surface area contributed by atoms with Crippen molar-refractivity contribution >= 4 is 130 Å². The van der Waals surface area contributed by atoms with E-state index in [4.69, 9.17) is 0 Å². The number of rotatable bonds is 0. The molecule has 2 atom stereocenters. The Morgan fingerprint density at radius 1 is 0.458 bits per heavy atom. The number of hydrogen-bond acceptors (Lipinski definition) is 1. The SMILES string of the molecule is Cc1sc(C)c2c1CC1c3cc4c5c6c(cc7cc8c9c%10c(cc%11cc%12c%13c(c%14c3c5c3c%14c5c%13c%11c%10c5c5c9c7c6c35)C1(C2)C%12)C8)C4. The summed E-state index contributed by atoms with van der Waals surface area (Å²) in [4.78, 5) is 3.15. The van der Waals surface area contributed by atoms with Crippen molar-refractivity contribution in [3.8, 4) is 0 Å². The maximum absolute atomic E-state index is 2.79. The Hall–Kier alpha value is -4.72. The van der Waals surface area contributed by atoms with E-state index in [1.807, 2.05) is 0 Å². The number of fused-ring (bicyclic) bond motifs is 2. The van der Waals surface area contributed by atoms with Gasteiger partial charge in [0.1, 0.15) is 0 Å². The fourth-order valence-corrected chi connectivity index (χ4v) is 16.2. The van der Waals surface area contributed by atoms with Crippen LogP contribution in [-0.4, -0.2) is 0 Å². The molecular weight excluding hydrogens is 597 g/mol. The Morgan fingerprint density at radius 3 is 1.56 bits per heavy atom. The van der Waals surface area contributed by atoms with Gasteiger partial charge in [0.15, 0.2) is 0 Å². The molecule has 0 fully saturated rings. The average Bonchev–Trinajstić information content (AvgIpc) is 3.92. The molecule has 2 unspecified atom stereocenters. The minimum absolute atomic E-state index is 0.148. The first kappa shape index (κ1) is 21.3. The Bertz CT molecular complexity index is 3830. The van der Waals surface area contributed by atoms with Crippen molar-refractivity contribution < 1.29 is 0 Å². The molecule has 0 saturated carbocycles. The molecule has 1 aromatic heterocycles. The molecule has 0 aliphatic heterocycles. The fourth-order valence-electron chi connectivity index (χ4n) is 15.1. The van der Waals surface area contributed by atoms with E-state index < -0.39 is 0 Å². The molecule has 5 aliphatic carbocycles. The van der Waals surface area contributed by atoms with Gasteiger partial charge in [-0.15, -0.1) is 11.3 Å². The molecule has 13 aromatic rings. The lowest BCUT2D eigenvalue weighted by Crippen LogP contribution is -2.42. The van der Waals surface area contributed by atoms with Gasteiger partial charge in [-0.25, -0.2) is 0 Å². The lowest BCUT2D eigenvalue weighted by Gasteiger charge is -2.46. The second-order valence-electron chi connectivity index (χ2n) is 17.4. The van der Waals surface area contributed by atoms with E-state index >= 15 is 0 Å². The number of hydrogen-bond donors (Lipinski definition) is 0. The molecule has 5 aliphatic rings. The summed E-state index contributed by atoms with van der Waals surface area (Å²) < 4.78 is 0. The molecule has 0 saturated heterocycles. The highest BCUT2D eigenvalue weighted by atomic mass is 32.1. The van der Waals surface area contributed by atoms with Gasteiger partial charge in [-0.1, -0.05) is 30.3 Å². The van der Waals surface area contributed by atoms with E-state index in [-0.39, 0.29) is 5.41 Å². The van der Waals surface area contributed by atoms with Crippen LogP contribution in [0.1, 0.15) is 65.7 Å². The zero-order chi connectivity index (χ0) is 29.9. The van der Waals surface area contributed by atoms with Crippen LogP contribution in [0.3, 0.4) is 0 Å². The van der Waals surface area contributed by atoms with Gasteiger partial charge in [0.05, 0.1) is 0 Å². The predicted octanol–water partition coefficient (Wildman–Crippen LogP) is 12.1. The zero-order valence-electron chi connectivity index (χ0n) is 26.4. The number of thiophene rings is 1. The fraction of sp³-hybridized carbons (Fsp3) is 0.191. The monoisotopic (exact) mass is 618 g/mol. The number of benzene rings is 9. The second-order valence-corrected chi connectivity index (χ2v) is 18.8. The van der Waals surface area contributed by atoms with Crippen molar-refractivity contribution in [2.24, 2.45) is 0 Å². The number of aryl methyl sites for hydroxylation is 2. The molecule has 0 radical (unpaired) electrons. The van der Waals surface area contributed by atoms with Gasteiger partial charge in [-0.3, -0.25) is 0 Å². The van der Waals surface area contributed by atoms with Crippen molar-refractivity contribution in [3.05, 3.63) is 90.2 Å². The quantitative estimate of drug-likeness (QED) is 0.148. The summed E-state index contributed by atoms with van der Waals surface area (Å²) in [7, 11) is 0. The summed E-state index contributed by atoms with van der Waals surface area (Å²) in [5, 5.41) is 36.0. The van der Waals surface area contributed by atoms with Crippen LogP contribution < -0.4 is 0 Å². The summed E-state index contributed by atoms with van der Waals surface area (Å²) >= 11 is 2.07. The minimum Gasteiger partial charge on any atom is -0.145 e.